The molecule has 1 amide bonds. The third-order valence-electron chi connectivity index (χ3n) is 3.92. The number of aromatic nitrogens is 2. The van der Waals surface area contributed by atoms with E-state index in [0.29, 0.717) is 25.2 Å². The molecule has 0 aromatic carbocycles. The van der Waals surface area contributed by atoms with Crippen LogP contribution in [0.1, 0.15) is 44.3 Å². The first-order valence-corrected chi connectivity index (χ1v) is 6.95. The molecular formula is C13H22N4O2. The first-order valence-electron chi connectivity index (χ1n) is 6.95. The lowest BCUT2D eigenvalue weighted by Crippen LogP contribution is -2.48. The monoisotopic (exact) mass is 266 g/mol. The van der Waals surface area contributed by atoms with Crippen LogP contribution in [-0.4, -0.2) is 35.2 Å². The molecule has 6 heteroatoms. The summed E-state index contributed by atoms with van der Waals surface area (Å²) in [5.41, 5.74) is -0.00548. The first-order chi connectivity index (χ1) is 9.24. The SMILES string of the molecule is CNC1(CC(=O)NCCc2ncon2)CCCCC1. The highest BCUT2D eigenvalue weighted by Crippen LogP contribution is 2.30. The Labute approximate surface area is 113 Å². The normalized spacial score (nSPS) is 18.2. The molecule has 106 valence electrons. The van der Waals surface area contributed by atoms with Gasteiger partial charge in [-0.2, -0.15) is 4.98 Å². The molecule has 0 saturated heterocycles. The standard InChI is InChI=1S/C13H22N4O2/c1-14-13(6-3-2-4-7-13)9-12(18)15-8-5-11-16-10-19-17-11/h10,14H,2-9H2,1H3,(H,15,18). The van der Waals surface area contributed by atoms with Crippen molar-refractivity contribution in [1.82, 2.24) is 20.8 Å². The predicted octanol–water partition coefficient (Wildman–Crippen LogP) is 1.04. The maximum Gasteiger partial charge on any atom is 0.221 e. The third-order valence-corrected chi connectivity index (χ3v) is 3.92. The molecule has 2 rings (SSSR count). The molecule has 0 aliphatic heterocycles. The Morgan fingerprint density at radius 3 is 2.84 bits per heavy atom. The van der Waals surface area contributed by atoms with Gasteiger partial charge in [0.2, 0.25) is 12.3 Å². The second-order valence-corrected chi connectivity index (χ2v) is 5.22. The second-order valence-electron chi connectivity index (χ2n) is 5.22. The van der Waals surface area contributed by atoms with Crippen LogP contribution in [0, 0.1) is 0 Å². The van der Waals surface area contributed by atoms with Crippen LogP contribution >= 0.6 is 0 Å². The van der Waals surface area contributed by atoms with E-state index in [1.807, 2.05) is 7.05 Å². The van der Waals surface area contributed by atoms with Gasteiger partial charge in [0.15, 0.2) is 5.82 Å². The summed E-state index contributed by atoms with van der Waals surface area (Å²) in [6.45, 7) is 0.554. The fourth-order valence-electron chi connectivity index (χ4n) is 2.73. The highest BCUT2D eigenvalue weighted by Gasteiger charge is 2.32. The molecule has 0 bridgehead atoms. The Kier molecular flexibility index (Phi) is 4.90. The van der Waals surface area contributed by atoms with Crippen molar-refractivity contribution in [3.05, 3.63) is 12.2 Å². The summed E-state index contributed by atoms with van der Waals surface area (Å²) < 4.78 is 4.64. The van der Waals surface area contributed by atoms with Crippen molar-refractivity contribution in [2.24, 2.45) is 0 Å². The van der Waals surface area contributed by atoms with Crippen molar-refractivity contribution in [1.29, 1.82) is 0 Å². The lowest BCUT2D eigenvalue weighted by molar-refractivity contribution is -0.122. The number of hydrogen-bond donors (Lipinski definition) is 2. The van der Waals surface area contributed by atoms with Gasteiger partial charge in [-0.3, -0.25) is 4.79 Å². The summed E-state index contributed by atoms with van der Waals surface area (Å²) in [6.07, 6.45) is 8.32. The van der Waals surface area contributed by atoms with Crippen LogP contribution < -0.4 is 10.6 Å². The van der Waals surface area contributed by atoms with E-state index in [0.717, 1.165) is 12.8 Å². The fraction of sp³-hybridized carbons (Fsp3) is 0.769. The van der Waals surface area contributed by atoms with Gasteiger partial charge >= 0.3 is 0 Å². The largest absolute Gasteiger partial charge is 0.356 e. The van der Waals surface area contributed by atoms with Gasteiger partial charge in [-0.15, -0.1) is 0 Å². The highest BCUT2D eigenvalue weighted by atomic mass is 16.5. The third kappa shape index (κ3) is 4.02. The van der Waals surface area contributed by atoms with Gasteiger partial charge in [0.05, 0.1) is 0 Å². The lowest BCUT2D eigenvalue weighted by atomic mass is 9.79. The number of carbonyl (C=O) groups is 1. The van der Waals surface area contributed by atoms with Gasteiger partial charge in [-0.05, 0) is 19.9 Å². The highest BCUT2D eigenvalue weighted by molar-refractivity contribution is 5.77. The maximum absolute atomic E-state index is 12.0. The zero-order valence-corrected chi connectivity index (χ0v) is 11.4. The van der Waals surface area contributed by atoms with Gasteiger partial charge in [0, 0.05) is 24.9 Å². The van der Waals surface area contributed by atoms with Crippen LogP contribution in [0.15, 0.2) is 10.9 Å². The van der Waals surface area contributed by atoms with E-state index in [4.69, 9.17) is 0 Å². The molecule has 19 heavy (non-hydrogen) atoms. The first kappa shape index (κ1) is 14.0. The predicted molar refractivity (Wildman–Crippen MR) is 70.5 cm³/mol. The van der Waals surface area contributed by atoms with Crippen LogP contribution in [0.2, 0.25) is 0 Å². The molecule has 6 nitrogen and oxygen atoms in total. The minimum absolute atomic E-state index is 0.00548. The van der Waals surface area contributed by atoms with E-state index >= 15 is 0 Å². The molecule has 0 spiro atoms. The number of amides is 1. The van der Waals surface area contributed by atoms with Gasteiger partial charge in [-0.25, -0.2) is 0 Å². The number of carbonyl (C=O) groups excluding carboxylic acids is 1. The van der Waals surface area contributed by atoms with E-state index in [1.165, 1.54) is 25.7 Å². The fourth-order valence-corrected chi connectivity index (χ4v) is 2.73. The van der Waals surface area contributed by atoms with Crippen LogP contribution in [0.25, 0.3) is 0 Å². The molecule has 1 aromatic heterocycles. The van der Waals surface area contributed by atoms with Crippen LogP contribution in [0.5, 0.6) is 0 Å². The Balaban J connectivity index is 1.73. The Bertz CT molecular complexity index is 385. The Hall–Kier alpha value is -1.43. The number of rotatable bonds is 6. The molecular weight excluding hydrogens is 244 g/mol. The Morgan fingerprint density at radius 1 is 1.42 bits per heavy atom. The molecule has 1 aliphatic rings. The number of nitrogens with zero attached hydrogens (tertiary/aromatic N) is 2. The van der Waals surface area contributed by atoms with Crippen molar-refractivity contribution < 1.29 is 9.32 Å². The maximum atomic E-state index is 12.0. The van der Waals surface area contributed by atoms with E-state index in [9.17, 15) is 4.79 Å². The number of nitrogens with one attached hydrogen (secondary N) is 2. The minimum atomic E-state index is -0.00548. The van der Waals surface area contributed by atoms with Crippen molar-refractivity contribution >= 4 is 5.91 Å². The zero-order valence-electron chi connectivity index (χ0n) is 11.4. The topological polar surface area (TPSA) is 80.0 Å². The van der Waals surface area contributed by atoms with E-state index < -0.39 is 0 Å². The molecule has 0 atom stereocenters. The minimum Gasteiger partial charge on any atom is -0.356 e. The van der Waals surface area contributed by atoms with E-state index in [-0.39, 0.29) is 11.4 Å². The average molecular weight is 266 g/mol. The van der Waals surface area contributed by atoms with E-state index in [2.05, 4.69) is 25.3 Å². The molecule has 2 N–H and O–H groups in total. The quantitative estimate of drug-likeness (QED) is 0.804. The van der Waals surface area contributed by atoms with Crippen molar-refractivity contribution in [2.45, 2.75) is 50.5 Å². The summed E-state index contributed by atoms with van der Waals surface area (Å²) >= 11 is 0. The van der Waals surface area contributed by atoms with Gasteiger partial charge in [-0.1, -0.05) is 24.4 Å². The van der Waals surface area contributed by atoms with Crippen molar-refractivity contribution in [3.8, 4) is 0 Å². The van der Waals surface area contributed by atoms with Crippen LogP contribution in [0.3, 0.4) is 0 Å². The van der Waals surface area contributed by atoms with Gasteiger partial charge in [0.1, 0.15) is 0 Å². The summed E-state index contributed by atoms with van der Waals surface area (Å²) in [5.74, 6) is 0.723. The molecule has 0 radical (unpaired) electrons. The molecule has 0 unspecified atom stereocenters. The van der Waals surface area contributed by atoms with Crippen molar-refractivity contribution in [3.63, 3.8) is 0 Å². The molecule has 1 aromatic rings. The van der Waals surface area contributed by atoms with Gasteiger partial charge < -0.3 is 15.2 Å². The summed E-state index contributed by atoms with van der Waals surface area (Å²) in [4.78, 5) is 15.9. The Morgan fingerprint density at radius 2 is 2.21 bits per heavy atom. The smallest absolute Gasteiger partial charge is 0.221 e. The molecule has 1 fully saturated rings. The average Bonchev–Trinajstić information content (AvgIpc) is 2.93. The second kappa shape index (κ2) is 6.65. The zero-order chi connectivity index (χ0) is 13.6. The van der Waals surface area contributed by atoms with E-state index in [1.54, 1.807) is 0 Å². The molecule has 1 heterocycles. The summed E-state index contributed by atoms with van der Waals surface area (Å²) in [6, 6.07) is 0. The van der Waals surface area contributed by atoms with Gasteiger partial charge in [0.25, 0.3) is 0 Å². The van der Waals surface area contributed by atoms with Crippen molar-refractivity contribution in [2.75, 3.05) is 13.6 Å². The van der Waals surface area contributed by atoms with Crippen LogP contribution in [0.4, 0.5) is 0 Å². The summed E-state index contributed by atoms with van der Waals surface area (Å²) in [7, 11) is 1.96. The molecule has 1 saturated carbocycles. The molecule has 1 aliphatic carbocycles. The summed E-state index contributed by atoms with van der Waals surface area (Å²) in [5, 5.41) is 9.99. The van der Waals surface area contributed by atoms with Crippen LogP contribution in [-0.2, 0) is 11.2 Å². The lowest BCUT2D eigenvalue weighted by Gasteiger charge is -2.36. The number of hydrogen-bond acceptors (Lipinski definition) is 5.